The first-order valence-electron chi connectivity index (χ1n) is 12.8. The van der Waals surface area contributed by atoms with Gasteiger partial charge in [0.2, 0.25) is 0 Å². The molecule has 1 aliphatic rings. The fourth-order valence-corrected chi connectivity index (χ4v) is 5.62. The molecule has 8 nitrogen and oxygen atoms in total. The zero-order valence-corrected chi connectivity index (χ0v) is 23.6. The first kappa shape index (κ1) is 27.7. The van der Waals surface area contributed by atoms with Crippen LogP contribution in [0.2, 0.25) is 0 Å². The van der Waals surface area contributed by atoms with Gasteiger partial charge in [0.15, 0.2) is 16.3 Å². The second kappa shape index (κ2) is 12.1. The summed E-state index contributed by atoms with van der Waals surface area (Å²) in [5, 5.41) is 0. The number of para-hydroxylation sites is 1. The molecule has 0 unspecified atom stereocenters. The smallest absolute Gasteiger partial charge is 0.338 e. The molecule has 4 aromatic rings. The number of allylic oxidation sites excluding steroid dienone is 1. The number of hydrogen-bond acceptors (Lipinski definition) is 8. The van der Waals surface area contributed by atoms with Crippen molar-refractivity contribution in [3.8, 4) is 23.0 Å². The molecule has 41 heavy (non-hydrogen) atoms. The molecule has 0 bridgehead atoms. The van der Waals surface area contributed by atoms with Gasteiger partial charge in [0, 0.05) is 0 Å². The van der Waals surface area contributed by atoms with Gasteiger partial charge in [0.1, 0.15) is 18.1 Å². The molecule has 1 aliphatic heterocycles. The van der Waals surface area contributed by atoms with Crippen LogP contribution in [0.4, 0.5) is 0 Å². The van der Waals surface area contributed by atoms with Crippen molar-refractivity contribution in [2.24, 2.45) is 4.99 Å². The Labute approximate surface area is 240 Å². The highest BCUT2D eigenvalue weighted by atomic mass is 32.1. The fourth-order valence-electron chi connectivity index (χ4n) is 4.58. The number of aromatic nitrogens is 1. The lowest BCUT2D eigenvalue weighted by atomic mass is 9.95. The Hall–Kier alpha value is -4.89. The first-order valence-corrected chi connectivity index (χ1v) is 13.6. The summed E-state index contributed by atoms with van der Waals surface area (Å²) in [6.07, 6.45) is 3.28. The highest BCUT2D eigenvalue weighted by molar-refractivity contribution is 7.07. The van der Waals surface area contributed by atoms with E-state index in [0.717, 1.165) is 5.56 Å². The van der Waals surface area contributed by atoms with E-state index >= 15 is 0 Å². The van der Waals surface area contributed by atoms with E-state index in [1.165, 1.54) is 29.1 Å². The number of ether oxygens (including phenoxy) is 4. The molecule has 5 rings (SSSR count). The van der Waals surface area contributed by atoms with E-state index in [9.17, 15) is 9.59 Å². The van der Waals surface area contributed by atoms with Crippen LogP contribution in [-0.4, -0.2) is 31.4 Å². The van der Waals surface area contributed by atoms with Gasteiger partial charge in [-0.2, -0.15) is 0 Å². The molecule has 2 heterocycles. The maximum absolute atomic E-state index is 13.9. The average molecular weight is 569 g/mol. The Morgan fingerprint density at radius 1 is 1.00 bits per heavy atom. The van der Waals surface area contributed by atoms with Crippen molar-refractivity contribution < 1.29 is 23.7 Å². The van der Waals surface area contributed by atoms with E-state index in [1.807, 2.05) is 54.6 Å². The van der Waals surface area contributed by atoms with E-state index in [4.69, 9.17) is 18.9 Å². The number of rotatable bonds is 9. The lowest BCUT2D eigenvalue weighted by Crippen LogP contribution is -2.40. The van der Waals surface area contributed by atoms with Crippen molar-refractivity contribution >= 4 is 23.4 Å². The zero-order valence-electron chi connectivity index (χ0n) is 22.8. The third-order valence-corrected chi connectivity index (χ3v) is 7.41. The van der Waals surface area contributed by atoms with Gasteiger partial charge in [-0.05, 0) is 60.5 Å². The van der Waals surface area contributed by atoms with Crippen LogP contribution < -0.4 is 29.1 Å². The lowest BCUT2D eigenvalue weighted by molar-refractivity contribution is -0.138. The Morgan fingerprint density at radius 2 is 1.76 bits per heavy atom. The van der Waals surface area contributed by atoms with Gasteiger partial charge in [0.05, 0.1) is 36.1 Å². The second-order valence-electron chi connectivity index (χ2n) is 9.07. The van der Waals surface area contributed by atoms with Crippen LogP contribution in [0.25, 0.3) is 6.08 Å². The normalized spacial score (nSPS) is 14.6. The molecule has 0 saturated carbocycles. The molecule has 0 aliphatic carbocycles. The van der Waals surface area contributed by atoms with E-state index < -0.39 is 12.0 Å². The summed E-state index contributed by atoms with van der Waals surface area (Å²) in [4.78, 5) is 32.3. The predicted octanol–water partition coefficient (Wildman–Crippen LogP) is 4.77. The molecule has 0 saturated heterocycles. The van der Waals surface area contributed by atoms with Crippen molar-refractivity contribution in [1.29, 1.82) is 0 Å². The summed E-state index contributed by atoms with van der Waals surface area (Å²) in [6, 6.07) is 21.4. The molecule has 0 radical (unpaired) electrons. The van der Waals surface area contributed by atoms with E-state index in [-0.39, 0.29) is 17.7 Å². The van der Waals surface area contributed by atoms with Crippen LogP contribution in [0, 0.1) is 0 Å². The fraction of sp³-hybridized carbons (Fsp3) is 0.156. The van der Waals surface area contributed by atoms with Crippen molar-refractivity contribution in [2.45, 2.75) is 13.0 Å². The van der Waals surface area contributed by atoms with Crippen LogP contribution in [0.15, 0.2) is 107 Å². The lowest BCUT2D eigenvalue weighted by Gasteiger charge is -2.25. The summed E-state index contributed by atoms with van der Waals surface area (Å²) in [5.41, 5.74) is 1.87. The maximum atomic E-state index is 13.9. The summed E-state index contributed by atoms with van der Waals surface area (Å²) in [6.45, 7) is 5.39. The van der Waals surface area contributed by atoms with Gasteiger partial charge in [-0.1, -0.05) is 60.4 Å². The van der Waals surface area contributed by atoms with Gasteiger partial charge >= 0.3 is 5.97 Å². The molecular formula is C32H28N2O6S. The third-order valence-electron chi connectivity index (χ3n) is 6.43. The Balaban J connectivity index is 1.63. The molecule has 208 valence electrons. The van der Waals surface area contributed by atoms with E-state index in [2.05, 4.69) is 11.6 Å². The number of esters is 1. The highest BCUT2D eigenvalue weighted by Crippen LogP contribution is 2.36. The Bertz CT molecular complexity index is 1820. The van der Waals surface area contributed by atoms with Gasteiger partial charge in [-0.3, -0.25) is 9.36 Å². The minimum atomic E-state index is -0.793. The Kier molecular flexibility index (Phi) is 8.16. The third kappa shape index (κ3) is 5.71. The number of nitrogens with zero attached hydrogens (tertiary/aromatic N) is 2. The summed E-state index contributed by atoms with van der Waals surface area (Å²) < 4.78 is 24.3. The molecule has 0 amide bonds. The monoisotopic (exact) mass is 568 g/mol. The molecule has 0 spiro atoms. The summed E-state index contributed by atoms with van der Waals surface area (Å²) in [7, 11) is 3.08. The number of carbonyl (C=O) groups excluding carboxylic acids is 1. The molecule has 1 atom stereocenters. The minimum Gasteiger partial charge on any atom is -0.493 e. The molecule has 0 N–H and O–H groups in total. The average Bonchev–Trinajstić information content (AvgIpc) is 3.29. The number of hydrogen-bond donors (Lipinski definition) is 0. The first-order chi connectivity index (χ1) is 19.9. The van der Waals surface area contributed by atoms with Crippen molar-refractivity contribution in [3.05, 3.63) is 128 Å². The topological polar surface area (TPSA) is 88.4 Å². The number of benzene rings is 3. The number of thiazole rings is 1. The van der Waals surface area contributed by atoms with Gasteiger partial charge < -0.3 is 18.9 Å². The van der Waals surface area contributed by atoms with Crippen LogP contribution >= 0.6 is 11.3 Å². The molecular weight excluding hydrogens is 540 g/mol. The van der Waals surface area contributed by atoms with Crippen LogP contribution in [0.5, 0.6) is 23.0 Å². The van der Waals surface area contributed by atoms with Gasteiger partial charge in [-0.25, -0.2) is 9.79 Å². The summed E-state index contributed by atoms with van der Waals surface area (Å²) >= 11 is 1.25. The number of fused-ring (bicyclic) bond motifs is 1. The number of methoxy groups -OCH3 is 2. The van der Waals surface area contributed by atoms with Crippen LogP contribution in [0.3, 0.4) is 0 Å². The Morgan fingerprint density at radius 3 is 2.49 bits per heavy atom. The largest absolute Gasteiger partial charge is 0.493 e. The molecule has 1 aromatic heterocycles. The summed E-state index contributed by atoms with van der Waals surface area (Å²) in [5.74, 6) is 1.77. The van der Waals surface area contributed by atoms with Crippen LogP contribution in [0.1, 0.15) is 24.1 Å². The molecule has 0 fully saturated rings. The number of carbonyl (C=O) groups is 1. The zero-order chi connectivity index (χ0) is 28.9. The molecule has 3 aromatic carbocycles. The van der Waals surface area contributed by atoms with E-state index in [0.29, 0.717) is 43.6 Å². The SMILES string of the molecule is C=CCOC(=O)C1=C(C)N=c2s/c(=C/c3cccc(Oc4ccccc4)c3)c(=O)n2[C@@H]1c1ccc(OC)c(OC)c1. The predicted molar refractivity (Wildman–Crippen MR) is 157 cm³/mol. The van der Waals surface area contributed by atoms with Crippen molar-refractivity contribution in [1.82, 2.24) is 4.57 Å². The molecule has 9 heteroatoms. The van der Waals surface area contributed by atoms with Gasteiger partial charge in [-0.15, -0.1) is 0 Å². The van der Waals surface area contributed by atoms with Crippen molar-refractivity contribution in [2.75, 3.05) is 20.8 Å². The standard InChI is InChI=1S/C32H28N2O6S/c1-5-16-39-31(36)28-20(2)33-32-34(29(28)22-14-15-25(37-3)26(19-22)38-4)30(35)27(41-32)18-21-10-9-13-24(17-21)40-23-11-7-6-8-12-23/h5-15,17-19,29H,1,16H2,2-4H3/b27-18+/t29-/m1/s1. The minimum absolute atomic E-state index is 0.0279. The highest BCUT2D eigenvalue weighted by Gasteiger charge is 2.34. The van der Waals surface area contributed by atoms with Crippen LogP contribution in [-0.2, 0) is 9.53 Å². The second-order valence-corrected chi connectivity index (χ2v) is 10.1. The van der Waals surface area contributed by atoms with Gasteiger partial charge in [0.25, 0.3) is 5.56 Å². The van der Waals surface area contributed by atoms with Crippen molar-refractivity contribution in [3.63, 3.8) is 0 Å². The quantitative estimate of drug-likeness (QED) is 0.214. The van der Waals surface area contributed by atoms with E-state index in [1.54, 1.807) is 38.3 Å². The maximum Gasteiger partial charge on any atom is 0.338 e.